The van der Waals surface area contributed by atoms with E-state index in [4.69, 9.17) is 0 Å². The summed E-state index contributed by atoms with van der Waals surface area (Å²) >= 11 is 1.29. The quantitative estimate of drug-likeness (QED) is 0.514. The number of H-pyrrole nitrogens is 1. The molecule has 0 aliphatic carbocycles. The molecule has 1 aromatic carbocycles. The van der Waals surface area contributed by atoms with Gasteiger partial charge in [-0.1, -0.05) is 24.3 Å². The van der Waals surface area contributed by atoms with Crippen LogP contribution in [0.1, 0.15) is 22.2 Å². The summed E-state index contributed by atoms with van der Waals surface area (Å²) in [5.74, 6) is -1.17. The lowest BCUT2D eigenvalue weighted by molar-refractivity contribution is -0.129. The molecule has 1 atom stereocenters. The van der Waals surface area contributed by atoms with Gasteiger partial charge in [0.05, 0.1) is 11.3 Å². The molecule has 0 radical (unpaired) electrons. The molecule has 7 nitrogen and oxygen atoms in total. The molecule has 0 aliphatic heterocycles. The Morgan fingerprint density at radius 2 is 1.92 bits per heavy atom. The molecule has 2 aromatic heterocycles. The zero-order chi connectivity index (χ0) is 18.5. The van der Waals surface area contributed by atoms with E-state index in [0.717, 1.165) is 16.5 Å². The van der Waals surface area contributed by atoms with Crippen LogP contribution in [0.4, 0.5) is 0 Å². The van der Waals surface area contributed by atoms with E-state index in [1.54, 1.807) is 30.6 Å². The van der Waals surface area contributed by atoms with Crippen molar-refractivity contribution in [3.05, 3.63) is 58.4 Å². The van der Waals surface area contributed by atoms with Gasteiger partial charge < -0.3 is 10.3 Å². The highest BCUT2D eigenvalue weighted by Crippen LogP contribution is 2.17. The minimum atomic E-state index is -0.780. The molecular weight excluding hydrogens is 352 g/mol. The smallest absolute Gasteiger partial charge is 0.261 e. The molecule has 8 heteroatoms. The Hall–Kier alpha value is -3.13. The highest BCUT2D eigenvalue weighted by atomic mass is 32.1. The van der Waals surface area contributed by atoms with E-state index in [9.17, 15) is 14.4 Å². The first kappa shape index (κ1) is 17.7. The maximum Gasteiger partial charge on any atom is 0.261 e. The molecule has 3 amide bonds. The third kappa shape index (κ3) is 4.09. The van der Waals surface area contributed by atoms with E-state index in [-0.39, 0.29) is 18.2 Å². The van der Waals surface area contributed by atoms with Gasteiger partial charge in [-0.2, -0.15) is 0 Å². The van der Waals surface area contributed by atoms with Gasteiger partial charge in [-0.25, -0.2) is 0 Å². The number of benzene rings is 1. The minimum Gasteiger partial charge on any atom is -0.361 e. The maximum absolute atomic E-state index is 12.1. The van der Waals surface area contributed by atoms with Crippen LogP contribution in [0.25, 0.3) is 10.9 Å². The van der Waals surface area contributed by atoms with Crippen molar-refractivity contribution in [2.24, 2.45) is 0 Å². The van der Waals surface area contributed by atoms with Crippen molar-refractivity contribution in [3.63, 3.8) is 0 Å². The topological polar surface area (TPSA) is 103 Å². The second-order valence-electron chi connectivity index (χ2n) is 5.75. The number of amides is 3. The van der Waals surface area contributed by atoms with E-state index in [1.807, 2.05) is 24.3 Å². The van der Waals surface area contributed by atoms with Crippen LogP contribution in [0.5, 0.6) is 0 Å². The van der Waals surface area contributed by atoms with Crippen molar-refractivity contribution < 1.29 is 14.4 Å². The fraction of sp³-hybridized carbons (Fsp3) is 0.167. The van der Waals surface area contributed by atoms with Crippen LogP contribution in [0, 0.1) is 0 Å². The van der Waals surface area contributed by atoms with Crippen LogP contribution < -0.4 is 16.2 Å². The first-order valence-electron chi connectivity index (χ1n) is 8.02. The van der Waals surface area contributed by atoms with Crippen LogP contribution in [0.15, 0.2) is 48.0 Å². The van der Waals surface area contributed by atoms with Crippen LogP contribution >= 0.6 is 11.3 Å². The molecule has 2 heterocycles. The number of para-hydroxylation sites is 1. The van der Waals surface area contributed by atoms with Crippen molar-refractivity contribution >= 4 is 40.0 Å². The minimum absolute atomic E-state index is 0.125. The number of aromatic nitrogens is 1. The van der Waals surface area contributed by atoms with Crippen molar-refractivity contribution in [3.8, 4) is 0 Å². The lowest BCUT2D eigenvalue weighted by Gasteiger charge is -2.14. The number of nitrogens with one attached hydrogen (secondary N) is 4. The molecule has 0 saturated heterocycles. The molecule has 0 fully saturated rings. The Kier molecular flexibility index (Phi) is 5.33. The summed E-state index contributed by atoms with van der Waals surface area (Å²) in [5.41, 5.74) is 6.49. The Bertz CT molecular complexity index is 933. The summed E-state index contributed by atoms with van der Waals surface area (Å²) in [6.45, 7) is 1.55. The van der Waals surface area contributed by atoms with Crippen molar-refractivity contribution in [1.29, 1.82) is 0 Å². The maximum atomic E-state index is 12.1. The Morgan fingerprint density at radius 1 is 1.12 bits per heavy atom. The second kappa shape index (κ2) is 7.83. The SMILES string of the molecule is CC(NC(=O)c1cccs1)C(=O)NNC(=O)Cc1c[nH]c2ccccc12. The molecule has 26 heavy (non-hydrogen) atoms. The van der Waals surface area contributed by atoms with Crippen molar-refractivity contribution in [2.75, 3.05) is 0 Å². The van der Waals surface area contributed by atoms with Crippen LogP contribution in [0.2, 0.25) is 0 Å². The molecule has 3 aromatic rings. The average Bonchev–Trinajstić information content (AvgIpc) is 3.30. The van der Waals surface area contributed by atoms with Gasteiger partial charge in [0.15, 0.2) is 0 Å². The number of hydrazine groups is 1. The van der Waals surface area contributed by atoms with Crippen LogP contribution in [-0.2, 0) is 16.0 Å². The summed E-state index contributed by atoms with van der Waals surface area (Å²) in [6.07, 6.45) is 1.90. The van der Waals surface area contributed by atoms with Crippen molar-refractivity contribution in [1.82, 2.24) is 21.2 Å². The van der Waals surface area contributed by atoms with Gasteiger partial charge in [-0.15, -0.1) is 11.3 Å². The molecule has 1 unspecified atom stereocenters. The van der Waals surface area contributed by atoms with Gasteiger partial charge in [-0.05, 0) is 30.0 Å². The number of thiophene rings is 1. The summed E-state index contributed by atoms with van der Waals surface area (Å²) in [4.78, 5) is 39.6. The van der Waals surface area contributed by atoms with E-state index < -0.39 is 11.9 Å². The standard InChI is InChI=1S/C18H18N4O3S/c1-11(20-18(25)15-7-4-8-26-15)17(24)22-21-16(23)9-12-10-19-14-6-3-2-5-13(12)14/h2-8,10-11,19H,9H2,1H3,(H,20,25)(H,21,23)(H,22,24). The number of carbonyl (C=O) groups excluding carboxylic acids is 3. The largest absolute Gasteiger partial charge is 0.361 e. The highest BCUT2D eigenvalue weighted by Gasteiger charge is 2.18. The normalized spacial score (nSPS) is 11.7. The van der Waals surface area contributed by atoms with E-state index in [0.29, 0.717) is 4.88 Å². The predicted octanol–water partition coefficient (Wildman–Crippen LogP) is 1.74. The third-order valence-corrected chi connectivity index (χ3v) is 4.71. The molecule has 0 aliphatic rings. The molecule has 4 N–H and O–H groups in total. The summed E-state index contributed by atoms with van der Waals surface area (Å²) < 4.78 is 0. The number of hydrogen-bond donors (Lipinski definition) is 4. The van der Waals surface area contributed by atoms with Gasteiger partial charge in [0.1, 0.15) is 6.04 Å². The van der Waals surface area contributed by atoms with E-state index in [1.165, 1.54) is 11.3 Å². The van der Waals surface area contributed by atoms with Crippen molar-refractivity contribution in [2.45, 2.75) is 19.4 Å². The zero-order valence-corrected chi connectivity index (χ0v) is 14.9. The van der Waals surface area contributed by atoms with Crippen LogP contribution in [0.3, 0.4) is 0 Å². The van der Waals surface area contributed by atoms with Gasteiger partial charge >= 0.3 is 0 Å². The first-order valence-corrected chi connectivity index (χ1v) is 8.90. The van der Waals surface area contributed by atoms with Gasteiger partial charge in [0.2, 0.25) is 5.91 Å². The fourth-order valence-electron chi connectivity index (χ4n) is 2.48. The monoisotopic (exact) mass is 370 g/mol. The molecule has 0 bridgehead atoms. The van der Waals surface area contributed by atoms with E-state index in [2.05, 4.69) is 21.2 Å². The van der Waals surface area contributed by atoms with Crippen LogP contribution in [-0.4, -0.2) is 28.7 Å². The molecule has 0 spiro atoms. The fourth-order valence-corrected chi connectivity index (χ4v) is 3.10. The van der Waals surface area contributed by atoms with Gasteiger partial charge in [0, 0.05) is 17.1 Å². The molecule has 3 rings (SSSR count). The Balaban J connectivity index is 1.49. The summed E-state index contributed by atoms with van der Waals surface area (Å²) in [7, 11) is 0. The molecular formula is C18H18N4O3S. The first-order chi connectivity index (χ1) is 12.5. The second-order valence-corrected chi connectivity index (χ2v) is 6.69. The van der Waals surface area contributed by atoms with E-state index >= 15 is 0 Å². The number of aromatic amines is 1. The third-order valence-electron chi connectivity index (χ3n) is 3.84. The Morgan fingerprint density at radius 3 is 2.69 bits per heavy atom. The van der Waals surface area contributed by atoms with Gasteiger partial charge in [-0.3, -0.25) is 25.2 Å². The molecule has 134 valence electrons. The Labute approximate surface area is 153 Å². The number of fused-ring (bicyclic) bond motifs is 1. The predicted molar refractivity (Wildman–Crippen MR) is 99.5 cm³/mol. The number of rotatable bonds is 5. The summed E-state index contributed by atoms with van der Waals surface area (Å²) in [6, 6.07) is 10.3. The molecule has 0 saturated carbocycles. The lowest BCUT2D eigenvalue weighted by atomic mass is 10.1. The lowest BCUT2D eigenvalue weighted by Crippen LogP contribution is -2.51. The number of hydrogen-bond acceptors (Lipinski definition) is 4. The zero-order valence-electron chi connectivity index (χ0n) is 14.0. The average molecular weight is 370 g/mol. The highest BCUT2D eigenvalue weighted by molar-refractivity contribution is 7.12. The number of carbonyl (C=O) groups is 3. The van der Waals surface area contributed by atoms with Gasteiger partial charge in [0.25, 0.3) is 11.8 Å². The summed E-state index contributed by atoms with van der Waals surface area (Å²) in [5, 5.41) is 5.32.